The Morgan fingerprint density at radius 2 is 1.91 bits per heavy atom. The van der Waals surface area contributed by atoms with Crippen molar-refractivity contribution in [1.29, 1.82) is 0 Å². The zero-order chi connectivity index (χ0) is 23.0. The van der Waals surface area contributed by atoms with E-state index in [0.29, 0.717) is 43.5 Å². The first-order valence-corrected chi connectivity index (χ1v) is 12.6. The van der Waals surface area contributed by atoms with Crippen molar-refractivity contribution >= 4 is 27.6 Å². The fraction of sp³-hybridized carbons (Fsp3) is 0.417. The van der Waals surface area contributed by atoms with Crippen LogP contribution in [0.4, 0.5) is 5.69 Å². The molecule has 0 unspecified atom stereocenters. The first-order chi connectivity index (χ1) is 15.4. The molecule has 2 aromatic carbocycles. The number of esters is 1. The minimum atomic E-state index is -3.42. The monoisotopic (exact) mass is 458 g/mol. The Balaban J connectivity index is 1.56. The molecule has 2 aromatic rings. The van der Waals surface area contributed by atoms with Gasteiger partial charge in [-0.05, 0) is 56.4 Å². The number of anilines is 1. The zero-order valence-electron chi connectivity index (χ0n) is 18.3. The third-order valence-corrected chi connectivity index (χ3v) is 7.42. The van der Waals surface area contributed by atoms with Gasteiger partial charge in [0.25, 0.3) is 0 Å². The summed E-state index contributed by atoms with van der Waals surface area (Å²) in [6.07, 6.45) is 2.51. The number of sulfonamides is 1. The highest BCUT2D eigenvalue weighted by atomic mass is 32.2. The number of hydrogen-bond donors (Lipinski definition) is 1. The van der Waals surface area contributed by atoms with E-state index in [0.717, 1.165) is 5.56 Å². The summed E-state index contributed by atoms with van der Waals surface area (Å²) in [7, 11) is -3.42. The molecule has 1 aliphatic heterocycles. The van der Waals surface area contributed by atoms with E-state index < -0.39 is 21.9 Å². The summed E-state index contributed by atoms with van der Waals surface area (Å²) >= 11 is 0. The fourth-order valence-corrected chi connectivity index (χ4v) is 5.41. The summed E-state index contributed by atoms with van der Waals surface area (Å²) in [4.78, 5) is 24.7. The van der Waals surface area contributed by atoms with Crippen LogP contribution in [0.2, 0.25) is 0 Å². The second-order valence-corrected chi connectivity index (χ2v) is 9.98. The van der Waals surface area contributed by atoms with Gasteiger partial charge in [0, 0.05) is 18.8 Å². The number of amides is 1. The maximum Gasteiger partial charge on any atom is 0.338 e. The first kappa shape index (κ1) is 23.9. The summed E-state index contributed by atoms with van der Waals surface area (Å²) in [5.74, 6) is -1.05. The highest BCUT2D eigenvalue weighted by Crippen LogP contribution is 2.22. The molecule has 0 saturated carbocycles. The smallest absolute Gasteiger partial charge is 0.338 e. The molecule has 1 heterocycles. The molecular formula is C24H30N2O5S. The molecule has 1 N–H and O–H groups in total. The predicted octanol–water partition coefficient (Wildman–Crippen LogP) is 3.48. The Hall–Kier alpha value is -2.71. The van der Waals surface area contributed by atoms with Crippen molar-refractivity contribution < 1.29 is 22.7 Å². The highest BCUT2D eigenvalue weighted by molar-refractivity contribution is 7.89. The highest BCUT2D eigenvalue weighted by Gasteiger charge is 2.32. The third-order valence-electron chi connectivity index (χ3n) is 5.50. The van der Waals surface area contributed by atoms with Crippen LogP contribution in [0.15, 0.2) is 54.6 Å². The average Bonchev–Trinajstić information content (AvgIpc) is 2.80. The van der Waals surface area contributed by atoms with Gasteiger partial charge in [-0.1, -0.05) is 36.4 Å². The lowest BCUT2D eigenvalue weighted by molar-refractivity contribution is -0.120. The van der Waals surface area contributed by atoms with Crippen LogP contribution in [0.3, 0.4) is 0 Å². The van der Waals surface area contributed by atoms with E-state index in [1.165, 1.54) is 4.31 Å². The molecule has 1 amide bonds. The third kappa shape index (κ3) is 6.64. The van der Waals surface area contributed by atoms with E-state index in [9.17, 15) is 18.0 Å². The Bertz CT molecular complexity index is 1020. The van der Waals surface area contributed by atoms with Crippen LogP contribution in [0.1, 0.15) is 42.1 Å². The van der Waals surface area contributed by atoms with Crippen molar-refractivity contribution in [1.82, 2.24) is 4.31 Å². The van der Waals surface area contributed by atoms with Crippen LogP contribution in [-0.4, -0.2) is 50.0 Å². The quantitative estimate of drug-likeness (QED) is 0.581. The lowest BCUT2D eigenvalue weighted by Gasteiger charge is -2.31. The van der Waals surface area contributed by atoms with E-state index in [-0.39, 0.29) is 24.8 Å². The van der Waals surface area contributed by atoms with E-state index in [1.807, 2.05) is 30.3 Å². The number of carbonyl (C=O) groups is 2. The van der Waals surface area contributed by atoms with Crippen LogP contribution < -0.4 is 5.32 Å². The minimum Gasteiger partial charge on any atom is -0.462 e. The van der Waals surface area contributed by atoms with Gasteiger partial charge in [-0.3, -0.25) is 4.79 Å². The van der Waals surface area contributed by atoms with Gasteiger partial charge >= 0.3 is 5.97 Å². The van der Waals surface area contributed by atoms with Gasteiger partial charge in [0.2, 0.25) is 15.9 Å². The molecule has 8 heteroatoms. The van der Waals surface area contributed by atoms with Crippen LogP contribution in [0.5, 0.6) is 0 Å². The summed E-state index contributed by atoms with van der Waals surface area (Å²) < 4.78 is 32.1. The number of carbonyl (C=O) groups excluding carboxylic acids is 2. The Morgan fingerprint density at radius 3 is 2.66 bits per heavy atom. The standard InChI is InChI=1S/C24H30N2O5S/c1-2-31-24(28)20-12-6-14-22(17-20)25-23(27)21-13-7-15-26(18-21)32(29,30)16-8-11-19-9-4-3-5-10-19/h3-6,9-10,12,14,17,21H,2,7-8,11,13,15-16,18H2,1H3,(H,25,27)/t21-/m1/s1. The number of piperidine rings is 1. The van der Waals surface area contributed by atoms with Crippen LogP contribution in [0.25, 0.3) is 0 Å². The molecule has 3 rings (SSSR count). The second-order valence-electron chi connectivity index (χ2n) is 7.89. The van der Waals surface area contributed by atoms with Gasteiger partial charge in [-0.15, -0.1) is 0 Å². The molecule has 0 bridgehead atoms. The maximum atomic E-state index is 12.8. The van der Waals surface area contributed by atoms with Crippen molar-refractivity contribution in [2.24, 2.45) is 5.92 Å². The van der Waals surface area contributed by atoms with Crippen molar-refractivity contribution in [2.45, 2.75) is 32.6 Å². The number of aryl methyl sites for hydroxylation is 1. The molecule has 0 spiro atoms. The van der Waals surface area contributed by atoms with E-state index in [2.05, 4.69) is 5.32 Å². The van der Waals surface area contributed by atoms with E-state index >= 15 is 0 Å². The Morgan fingerprint density at radius 1 is 1.12 bits per heavy atom. The Kier molecular flexibility index (Phi) is 8.41. The maximum absolute atomic E-state index is 12.8. The number of nitrogens with one attached hydrogen (secondary N) is 1. The predicted molar refractivity (Wildman–Crippen MR) is 124 cm³/mol. The Labute approximate surface area is 189 Å². The number of rotatable bonds is 9. The van der Waals surface area contributed by atoms with Crippen molar-refractivity contribution in [3.63, 3.8) is 0 Å². The van der Waals surface area contributed by atoms with Crippen molar-refractivity contribution in [2.75, 3.05) is 30.8 Å². The van der Waals surface area contributed by atoms with Crippen molar-refractivity contribution in [3.05, 3.63) is 65.7 Å². The number of hydrogen-bond acceptors (Lipinski definition) is 5. The van der Waals surface area contributed by atoms with Gasteiger partial charge < -0.3 is 10.1 Å². The largest absolute Gasteiger partial charge is 0.462 e. The molecule has 0 aromatic heterocycles. The number of ether oxygens (including phenoxy) is 1. The second kappa shape index (κ2) is 11.2. The molecule has 32 heavy (non-hydrogen) atoms. The number of benzene rings is 2. The van der Waals surface area contributed by atoms with Crippen LogP contribution in [0, 0.1) is 5.92 Å². The molecule has 1 aliphatic rings. The summed E-state index contributed by atoms with van der Waals surface area (Å²) in [5, 5.41) is 2.82. The molecule has 1 fully saturated rings. The van der Waals surface area contributed by atoms with Crippen LogP contribution >= 0.6 is 0 Å². The van der Waals surface area contributed by atoms with Gasteiger partial charge in [-0.2, -0.15) is 0 Å². The summed E-state index contributed by atoms with van der Waals surface area (Å²) in [6, 6.07) is 16.4. The SMILES string of the molecule is CCOC(=O)c1cccc(NC(=O)[C@@H]2CCCN(S(=O)(=O)CCCc3ccccc3)C2)c1. The van der Waals surface area contributed by atoms with Crippen molar-refractivity contribution in [3.8, 4) is 0 Å². The number of nitrogens with zero attached hydrogens (tertiary/aromatic N) is 1. The summed E-state index contributed by atoms with van der Waals surface area (Å²) in [6.45, 7) is 2.62. The lowest BCUT2D eigenvalue weighted by Crippen LogP contribution is -2.44. The minimum absolute atomic E-state index is 0.0673. The van der Waals surface area contributed by atoms with Gasteiger partial charge in [0.15, 0.2) is 0 Å². The molecule has 172 valence electrons. The van der Waals surface area contributed by atoms with E-state index in [1.54, 1.807) is 31.2 Å². The van der Waals surface area contributed by atoms with E-state index in [4.69, 9.17) is 4.74 Å². The molecule has 1 atom stereocenters. The summed E-state index contributed by atoms with van der Waals surface area (Å²) in [5.41, 5.74) is 1.96. The molecule has 7 nitrogen and oxygen atoms in total. The lowest BCUT2D eigenvalue weighted by atomic mass is 9.98. The molecule has 1 saturated heterocycles. The van der Waals surface area contributed by atoms with Gasteiger partial charge in [0.1, 0.15) is 0 Å². The normalized spacial score (nSPS) is 17.0. The first-order valence-electron chi connectivity index (χ1n) is 11.0. The van der Waals surface area contributed by atoms with Gasteiger partial charge in [-0.25, -0.2) is 17.5 Å². The average molecular weight is 459 g/mol. The zero-order valence-corrected chi connectivity index (χ0v) is 19.1. The topological polar surface area (TPSA) is 92.8 Å². The van der Waals surface area contributed by atoms with Gasteiger partial charge in [0.05, 0.1) is 23.8 Å². The molecule has 0 aliphatic carbocycles. The molecular weight excluding hydrogens is 428 g/mol. The molecule has 0 radical (unpaired) electrons. The fourth-order valence-electron chi connectivity index (χ4n) is 3.82. The van der Waals surface area contributed by atoms with Crippen LogP contribution in [-0.2, 0) is 26.0 Å².